The number of rotatable bonds is 4. The smallest absolute Gasteiger partial charge is 0.129 e. The molecule has 1 aliphatic carbocycles. The number of aromatic nitrogens is 1. The van der Waals surface area contributed by atoms with Crippen LogP contribution in [0.3, 0.4) is 0 Å². The highest BCUT2D eigenvalue weighted by Crippen LogP contribution is 2.29. The number of hydrogen-bond acceptors (Lipinski definition) is 3. The number of aliphatic hydroxyl groups is 1. The first kappa shape index (κ1) is 12.9. The molecule has 0 bridgehead atoms. The van der Waals surface area contributed by atoms with Gasteiger partial charge in [0.05, 0.1) is 12.1 Å². The zero-order valence-electron chi connectivity index (χ0n) is 10.7. The van der Waals surface area contributed by atoms with Crippen LogP contribution in [0.25, 0.3) is 10.9 Å². The predicted octanol–water partition coefficient (Wildman–Crippen LogP) is 3.35. The van der Waals surface area contributed by atoms with Crippen molar-refractivity contribution in [2.24, 2.45) is 0 Å². The summed E-state index contributed by atoms with van der Waals surface area (Å²) in [4.78, 5) is 6.97. The zero-order valence-corrected chi connectivity index (χ0v) is 12.3. The van der Waals surface area contributed by atoms with Crippen molar-refractivity contribution in [1.82, 2.24) is 4.98 Å². The Labute approximate surface area is 121 Å². The van der Waals surface area contributed by atoms with Crippen LogP contribution in [0, 0.1) is 0 Å². The second kappa shape index (κ2) is 5.47. The number of fused-ring (bicyclic) bond motifs is 1. The lowest BCUT2D eigenvalue weighted by molar-refractivity contribution is 0.283. The molecule has 0 spiro atoms. The van der Waals surface area contributed by atoms with E-state index >= 15 is 0 Å². The monoisotopic (exact) mass is 320 g/mol. The third-order valence-electron chi connectivity index (χ3n) is 3.79. The van der Waals surface area contributed by atoms with Gasteiger partial charge in [-0.3, -0.25) is 0 Å². The lowest BCUT2D eigenvalue weighted by Gasteiger charge is -2.38. The minimum absolute atomic E-state index is 0.177. The van der Waals surface area contributed by atoms with Crippen molar-refractivity contribution in [2.75, 3.05) is 18.1 Å². The molecular formula is C15H17BrN2O. The van der Waals surface area contributed by atoms with Gasteiger partial charge in [0.25, 0.3) is 0 Å². The number of benzene rings is 1. The average molecular weight is 321 g/mol. The van der Waals surface area contributed by atoms with Gasteiger partial charge >= 0.3 is 0 Å². The molecule has 19 heavy (non-hydrogen) atoms. The molecule has 1 heterocycles. The average Bonchev–Trinajstić information content (AvgIpc) is 2.35. The predicted molar refractivity (Wildman–Crippen MR) is 81.5 cm³/mol. The summed E-state index contributed by atoms with van der Waals surface area (Å²) in [6, 6.07) is 10.8. The van der Waals surface area contributed by atoms with Crippen LogP contribution < -0.4 is 4.90 Å². The fraction of sp³-hybridized carbons (Fsp3) is 0.400. The van der Waals surface area contributed by atoms with Gasteiger partial charge in [-0.2, -0.15) is 0 Å². The lowest BCUT2D eigenvalue weighted by Crippen LogP contribution is -2.42. The summed E-state index contributed by atoms with van der Waals surface area (Å²) in [5, 5.41) is 10.4. The highest BCUT2D eigenvalue weighted by Gasteiger charge is 2.25. The molecular weight excluding hydrogens is 304 g/mol. The summed E-state index contributed by atoms with van der Waals surface area (Å²) in [6.07, 6.45) is 3.70. The van der Waals surface area contributed by atoms with Crippen LogP contribution in [-0.4, -0.2) is 29.3 Å². The Kier molecular flexibility index (Phi) is 3.71. The van der Waals surface area contributed by atoms with Gasteiger partial charge in [0, 0.05) is 22.4 Å². The molecule has 2 aromatic rings. The highest BCUT2D eigenvalue weighted by atomic mass is 79.9. The van der Waals surface area contributed by atoms with Gasteiger partial charge in [0.2, 0.25) is 0 Å². The van der Waals surface area contributed by atoms with E-state index in [1.807, 2.05) is 12.1 Å². The molecule has 0 radical (unpaired) electrons. The third-order valence-corrected chi connectivity index (χ3v) is 4.28. The largest absolute Gasteiger partial charge is 0.395 e. The normalized spacial score (nSPS) is 15.5. The number of hydrogen-bond donors (Lipinski definition) is 1. The fourth-order valence-corrected chi connectivity index (χ4v) is 2.91. The van der Waals surface area contributed by atoms with Crippen molar-refractivity contribution >= 4 is 32.7 Å². The summed E-state index contributed by atoms with van der Waals surface area (Å²) >= 11 is 3.48. The van der Waals surface area contributed by atoms with E-state index in [1.54, 1.807) is 0 Å². The molecule has 0 unspecified atom stereocenters. The maximum absolute atomic E-state index is 9.24. The summed E-state index contributed by atoms with van der Waals surface area (Å²) in [6.45, 7) is 0.844. The maximum atomic E-state index is 9.24. The molecule has 4 heteroatoms. The number of nitrogens with zero attached hydrogens (tertiary/aromatic N) is 2. The van der Waals surface area contributed by atoms with Crippen LogP contribution in [0.1, 0.15) is 19.3 Å². The lowest BCUT2D eigenvalue weighted by atomic mass is 9.91. The Morgan fingerprint density at radius 3 is 2.79 bits per heavy atom. The minimum atomic E-state index is 0.177. The summed E-state index contributed by atoms with van der Waals surface area (Å²) in [7, 11) is 0. The van der Waals surface area contributed by atoms with Crippen molar-refractivity contribution in [2.45, 2.75) is 25.3 Å². The number of pyridine rings is 1. The van der Waals surface area contributed by atoms with Crippen LogP contribution >= 0.6 is 15.9 Å². The van der Waals surface area contributed by atoms with E-state index in [4.69, 9.17) is 4.98 Å². The molecule has 1 aromatic carbocycles. The van der Waals surface area contributed by atoms with Crippen molar-refractivity contribution in [1.29, 1.82) is 0 Å². The molecule has 1 saturated carbocycles. The molecule has 0 atom stereocenters. The van der Waals surface area contributed by atoms with E-state index in [2.05, 4.69) is 39.0 Å². The van der Waals surface area contributed by atoms with Crippen molar-refractivity contribution in [3.8, 4) is 0 Å². The Morgan fingerprint density at radius 2 is 2.11 bits per heavy atom. The van der Waals surface area contributed by atoms with Crippen LogP contribution in [-0.2, 0) is 0 Å². The first-order chi connectivity index (χ1) is 9.28. The Hall–Kier alpha value is -1.13. The Morgan fingerprint density at radius 1 is 1.26 bits per heavy atom. The molecule has 1 aliphatic rings. The number of anilines is 1. The quantitative estimate of drug-likeness (QED) is 0.938. The van der Waals surface area contributed by atoms with Crippen LogP contribution in [0.5, 0.6) is 0 Å². The third kappa shape index (κ3) is 2.60. The molecule has 1 aromatic heterocycles. The molecule has 0 aliphatic heterocycles. The second-order valence-corrected chi connectivity index (χ2v) is 5.92. The van der Waals surface area contributed by atoms with E-state index in [1.165, 1.54) is 19.3 Å². The molecule has 3 nitrogen and oxygen atoms in total. The van der Waals surface area contributed by atoms with Gasteiger partial charge in [0.15, 0.2) is 0 Å². The minimum Gasteiger partial charge on any atom is -0.395 e. The van der Waals surface area contributed by atoms with Crippen LogP contribution in [0.15, 0.2) is 34.8 Å². The first-order valence-corrected chi connectivity index (χ1v) is 7.51. The van der Waals surface area contributed by atoms with Crippen molar-refractivity contribution in [3.05, 3.63) is 34.8 Å². The van der Waals surface area contributed by atoms with Gasteiger partial charge in [-0.1, -0.05) is 15.9 Å². The summed E-state index contributed by atoms with van der Waals surface area (Å²) in [5.74, 6) is 0.980. The van der Waals surface area contributed by atoms with E-state index < -0.39 is 0 Å². The highest BCUT2D eigenvalue weighted by molar-refractivity contribution is 9.10. The van der Waals surface area contributed by atoms with Gasteiger partial charge in [-0.05, 0) is 49.6 Å². The molecule has 0 saturated heterocycles. The van der Waals surface area contributed by atoms with Crippen molar-refractivity contribution in [3.63, 3.8) is 0 Å². The second-order valence-electron chi connectivity index (χ2n) is 5.01. The Balaban J connectivity index is 1.96. The number of halogens is 1. The molecule has 3 rings (SSSR count). The van der Waals surface area contributed by atoms with Gasteiger partial charge in [0.1, 0.15) is 5.82 Å². The van der Waals surface area contributed by atoms with E-state index in [0.717, 1.165) is 21.2 Å². The van der Waals surface area contributed by atoms with E-state index in [0.29, 0.717) is 12.6 Å². The molecule has 1 N–H and O–H groups in total. The zero-order chi connectivity index (χ0) is 13.2. The van der Waals surface area contributed by atoms with E-state index in [-0.39, 0.29) is 6.61 Å². The fourth-order valence-electron chi connectivity index (χ4n) is 2.54. The van der Waals surface area contributed by atoms with Gasteiger partial charge < -0.3 is 10.0 Å². The van der Waals surface area contributed by atoms with Gasteiger partial charge in [-0.15, -0.1) is 0 Å². The molecule has 100 valence electrons. The summed E-state index contributed by atoms with van der Waals surface area (Å²) < 4.78 is 1.07. The first-order valence-electron chi connectivity index (χ1n) is 6.72. The topological polar surface area (TPSA) is 36.4 Å². The number of aliphatic hydroxyl groups excluding tert-OH is 1. The van der Waals surface area contributed by atoms with Crippen molar-refractivity contribution < 1.29 is 5.11 Å². The SMILES string of the molecule is OCCN(c1ccc2cc(Br)ccc2n1)C1CCC1. The standard InChI is InChI=1S/C15H17BrN2O/c16-12-5-6-14-11(10-12)4-7-15(17-14)18(8-9-19)13-2-1-3-13/h4-7,10,13,19H,1-3,8-9H2. The summed E-state index contributed by atoms with van der Waals surface area (Å²) in [5.41, 5.74) is 1.00. The maximum Gasteiger partial charge on any atom is 0.129 e. The molecule has 1 fully saturated rings. The van der Waals surface area contributed by atoms with Crippen LogP contribution in [0.2, 0.25) is 0 Å². The van der Waals surface area contributed by atoms with E-state index in [9.17, 15) is 5.11 Å². The Bertz CT molecular complexity index is 583. The molecule has 0 amide bonds. The van der Waals surface area contributed by atoms with Gasteiger partial charge in [-0.25, -0.2) is 4.98 Å². The van der Waals surface area contributed by atoms with Crippen LogP contribution in [0.4, 0.5) is 5.82 Å².